The molecule has 0 aromatic carbocycles. The van der Waals surface area contributed by atoms with Gasteiger partial charge in [-0.25, -0.2) is 4.98 Å². The Morgan fingerprint density at radius 3 is 2.85 bits per heavy atom. The van der Waals surface area contributed by atoms with Gasteiger partial charge in [-0.2, -0.15) is 0 Å². The molecular weight excluding hydrogens is 328 g/mol. The van der Waals surface area contributed by atoms with E-state index in [4.69, 9.17) is 4.42 Å². The van der Waals surface area contributed by atoms with Gasteiger partial charge in [-0.1, -0.05) is 0 Å². The lowest BCUT2D eigenvalue weighted by Crippen LogP contribution is -2.39. The molecule has 3 heterocycles. The predicted molar refractivity (Wildman–Crippen MR) is 98.9 cm³/mol. The van der Waals surface area contributed by atoms with Crippen molar-refractivity contribution in [1.29, 1.82) is 0 Å². The fourth-order valence-corrected chi connectivity index (χ4v) is 4.48. The van der Waals surface area contributed by atoms with Crippen LogP contribution in [0, 0.1) is 19.3 Å². The molecule has 1 saturated heterocycles. The number of nitrogens with one attached hydrogen (secondary N) is 1. The monoisotopic (exact) mass is 356 g/mol. The Morgan fingerprint density at radius 1 is 1.42 bits per heavy atom. The minimum absolute atomic E-state index is 0.0745. The molecule has 26 heavy (non-hydrogen) atoms. The number of piperidine rings is 1. The fourth-order valence-electron chi connectivity index (χ4n) is 4.48. The number of nitrogens with zero attached hydrogens (tertiary/aromatic N) is 3. The van der Waals surface area contributed by atoms with Gasteiger partial charge < -0.3 is 19.2 Å². The molecule has 2 fully saturated rings. The van der Waals surface area contributed by atoms with E-state index >= 15 is 0 Å². The van der Waals surface area contributed by atoms with E-state index in [1.165, 1.54) is 0 Å². The summed E-state index contributed by atoms with van der Waals surface area (Å²) in [5.74, 6) is 2.52. The first-order valence-corrected chi connectivity index (χ1v) is 9.63. The minimum atomic E-state index is 0.0745. The van der Waals surface area contributed by atoms with Gasteiger partial charge in [0.1, 0.15) is 17.3 Å². The Morgan fingerprint density at radius 2 is 2.19 bits per heavy atom. The van der Waals surface area contributed by atoms with Gasteiger partial charge in [-0.05, 0) is 64.6 Å². The van der Waals surface area contributed by atoms with E-state index in [0.29, 0.717) is 23.9 Å². The standard InChI is InChI=1S/C20H28N4O2/c1-4-23-10-9-22-18(23)13-24(17-12-20(17)5-7-21-8-6-20)19(25)16-11-14(2)26-15(16)3/h9-11,17,21H,4-8,12-13H2,1-3H3/t17-/m0/s1. The van der Waals surface area contributed by atoms with Gasteiger partial charge in [0.25, 0.3) is 5.91 Å². The van der Waals surface area contributed by atoms with Crippen molar-refractivity contribution in [3.05, 3.63) is 41.4 Å². The van der Waals surface area contributed by atoms with E-state index in [1.54, 1.807) is 0 Å². The first-order chi connectivity index (χ1) is 12.5. The lowest BCUT2D eigenvalue weighted by Gasteiger charge is -2.29. The van der Waals surface area contributed by atoms with Crippen LogP contribution in [0.4, 0.5) is 0 Å². The molecule has 0 unspecified atom stereocenters. The molecule has 2 aliphatic rings. The van der Waals surface area contributed by atoms with Crippen LogP contribution in [0.25, 0.3) is 0 Å². The Bertz CT molecular complexity index is 801. The minimum Gasteiger partial charge on any atom is -0.466 e. The number of imidazole rings is 1. The van der Waals surface area contributed by atoms with E-state index in [9.17, 15) is 4.79 Å². The molecule has 6 nitrogen and oxygen atoms in total. The number of carbonyl (C=O) groups is 1. The third kappa shape index (κ3) is 2.96. The molecule has 1 N–H and O–H groups in total. The van der Waals surface area contributed by atoms with E-state index in [-0.39, 0.29) is 11.3 Å². The van der Waals surface area contributed by atoms with Gasteiger partial charge in [0.05, 0.1) is 12.1 Å². The zero-order valence-electron chi connectivity index (χ0n) is 15.9. The number of carbonyl (C=O) groups excluding carboxylic acids is 1. The molecule has 1 amide bonds. The van der Waals surface area contributed by atoms with Crippen molar-refractivity contribution < 1.29 is 9.21 Å². The molecule has 1 spiro atoms. The van der Waals surface area contributed by atoms with Gasteiger partial charge in [0, 0.05) is 25.0 Å². The summed E-state index contributed by atoms with van der Waals surface area (Å²) < 4.78 is 7.74. The van der Waals surface area contributed by atoms with Crippen molar-refractivity contribution in [2.45, 2.75) is 59.2 Å². The third-order valence-electron chi connectivity index (χ3n) is 6.11. The van der Waals surface area contributed by atoms with Crippen molar-refractivity contribution in [2.75, 3.05) is 13.1 Å². The highest BCUT2D eigenvalue weighted by Crippen LogP contribution is 2.56. The molecule has 1 atom stereocenters. The molecule has 0 radical (unpaired) electrons. The number of rotatable bonds is 5. The second-order valence-corrected chi connectivity index (χ2v) is 7.72. The Labute approximate surface area is 154 Å². The Hall–Kier alpha value is -2.08. The largest absolute Gasteiger partial charge is 0.466 e. The molecule has 1 aliphatic heterocycles. The number of hydrogen-bond donors (Lipinski definition) is 1. The van der Waals surface area contributed by atoms with Crippen molar-refractivity contribution >= 4 is 5.91 Å². The molecule has 6 heteroatoms. The molecule has 140 valence electrons. The highest BCUT2D eigenvalue weighted by molar-refractivity contribution is 5.95. The summed E-state index contributed by atoms with van der Waals surface area (Å²) >= 11 is 0. The van der Waals surface area contributed by atoms with Crippen LogP contribution in [0.15, 0.2) is 22.9 Å². The zero-order valence-corrected chi connectivity index (χ0v) is 15.9. The Balaban J connectivity index is 1.63. The molecule has 2 aromatic rings. The van der Waals surface area contributed by atoms with Gasteiger partial charge in [0.2, 0.25) is 0 Å². The Kier molecular flexibility index (Phi) is 4.39. The number of aryl methyl sites for hydroxylation is 3. The van der Waals surface area contributed by atoms with E-state index in [1.807, 2.05) is 32.3 Å². The summed E-state index contributed by atoms with van der Waals surface area (Å²) in [6, 6.07) is 2.17. The second kappa shape index (κ2) is 6.58. The van der Waals surface area contributed by atoms with Crippen LogP contribution in [-0.4, -0.2) is 39.5 Å². The number of aromatic nitrogens is 2. The summed E-state index contributed by atoms with van der Waals surface area (Å²) in [7, 11) is 0. The van der Waals surface area contributed by atoms with Crippen molar-refractivity contribution in [2.24, 2.45) is 5.41 Å². The molecular formula is C20H28N4O2. The summed E-state index contributed by atoms with van der Waals surface area (Å²) in [5.41, 5.74) is 0.977. The predicted octanol–water partition coefficient (Wildman–Crippen LogP) is 2.90. The number of hydrogen-bond acceptors (Lipinski definition) is 4. The first-order valence-electron chi connectivity index (χ1n) is 9.63. The first kappa shape index (κ1) is 17.3. The van der Waals surface area contributed by atoms with E-state index < -0.39 is 0 Å². The maximum atomic E-state index is 13.4. The number of furan rings is 1. The maximum absolute atomic E-state index is 13.4. The lowest BCUT2D eigenvalue weighted by molar-refractivity contribution is 0.0683. The molecule has 2 aromatic heterocycles. The average molecular weight is 356 g/mol. The summed E-state index contributed by atoms with van der Waals surface area (Å²) in [5, 5.41) is 3.44. The normalized spacial score (nSPS) is 21.1. The third-order valence-corrected chi connectivity index (χ3v) is 6.11. The topological polar surface area (TPSA) is 63.3 Å². The van der Waals surface area contributed by atoms with E-state index in [2.05, 4.69) is 26.7 Å². The maximum Gasteiger partial charge on any atom is 0.258 e. The average Bonchev–Trinajstić information content (AvgIpc) is 2.97. The quantitative estimate of drug-likeness (QED) is 0.895. The van der Waals surface area contributed by atoms with Crippen LogP contribution < -0.4 is 5.32 Å². The van der Waals surface area contributed by atoms with Crippen molar-refractivity contribution in [3.63, 3.8) is 0 Å². The molecule has 1 saturated carbocycles. The van der Waals surface area contributed by atoms with Crippen LogP contribution in [-0.2, 0) is 13.1 Å². The second-order valence-electron chi connectivity index (χ2n) is 7.72. The van der Waals surface area contributed by atoms with Crippen LogP contribution in [0.2, 0.25) is 0 Å². The smallest absolute Gasteiger partial charge is 0.258 e. The SMILES string of the molecule is CCn1ccnc1CN(C(=O)c1cc(C)oc1C)[C@H]1CC12CCNCC2. The lowest BCUT2D eigenvalue weighted by atomic mass is 9.93. The molecule has 4 rings (SSSR count). The van der Waals surface area contributed by atoms with Crippen LogP contribution in [0.1, 0.15) is 53.9 Å². The zero-order chi connectivity index (χ0) is 18.3. The number of amides is 1. The van der Waals surface area contributed by atoms with Crippen LogP contribution in [0.3, 0.4) is 0 Å². The van der Waals surface area contributed by atoms with E-state index in [0.717, 1.165) is 50.5 Å². The summed E-state index contributed by atoms with van der Waals surface area (Å²) in [6.07, 6.45) is 7.20. The van der Waals surface area contributed by atoms with Gasteiger partial charge in [-0.15, -0.1) is 0 Å². The summed E-state index contributed by atoms with van der Waals surface area (Å²) in [6.45, 7) is 9.39. The fraction of sp³-hybridized carbons (Fsp3) is 0.600. The van der Waals surface area contributed by atoms with Gasteiger partial charge in [-0.3, -0.25) is 4.79 Å². The van der Waals surface area contributed by atoms with Gasteiger partial charge >= 0.3 is 0 Å². The highest BCUT2D eigenvalue weighted by atomic mass is 16.3. The van der Waals surface area contributed by atoms with Crippen molar-refractivity contribution in [3.8, 4) is 0 Å². The summed E-state index contributed by atoms with van der Waals surface area (Å²) in [4.78, 5) is 20.0. The highest BCUT2D eigenvalue weighted by Gasteiger charge is 2.58. The molecule has 0 bridgehead atoms. The van der Waals surface area contributed by atoms with Crippen LogP contribution >= 0.6 is 0 Å². The van der Waals surface area contributed by atoms with Crippen LogP contribution in [0.5, 0.6) is 0 Å². The van der Waals surface area contributed by atoms with Gasteiger partial charge in [0.15, 0.2) is 0 Å². The molecule has 1 aliphatic carbocycles. The van der Waals surface area contributed by atoms with Crippen molar-refractivity contribution in [1.82, 2.24) is 19.8 Å².